The Kier molecular flexibility index (Phi) is 4.91. The van der Waals surface area contributed by atoms with Gasteiger partial charge in [-0.2, -0.15) is 9.59 Å². The van der Waals surface area contributed by atoms with Crippen LogP contribution in [-0.4, -0.2) is 33.2 Å². The lowest BCUT2D eigenvalue weighted by Gasteiger charge is -2.04. The quantitative estimate of drug-likeness (QED) is 0.669. The van der Waals surface area contributed by atoms with Gasteiger partial charge in [-0.15, -0.1) is 0 Å². The minimum absolute atomic E-state index is 0.250. The van der Waals surface area contributed by atoms with E-state index in [-0.39, 0.29) is 6.15 Å². The molecule has 8 nitrogen and oxygen atoms in total. The molecule has 0 aliphatic heterocycles. The molecule has 1 amide bonds. The summed E-state index contributed by atoms with van der Waals surface area (Å²) in [6.07, 6.45) is 1.82. The summed E-state index contributed by atoms with van der Waals surface area (Å²) in [6.45, 7) is 2.75. The van der Waals surface area contributed by atoms with Crippen LogP contribution in [0.3, 0.4) is 0 Å². The Morgan fingerprint density at radius 2 is 2.00 bits per heavy atom. The van der Waals surface area contributed by atoms with E-state index in [0.29, 0.717) is 11.2 Å². The Morgan fingerprint density at radius 3 is 2.57 bits per heavy atom. The summed E-state index contributed by atoms with van der Waals surface area (Å²) in [5.41, 5.74) is 8.05. The van der Waals surface area contributed by atoms with Crippen LogP contribution in [0.5, 0.6) is 0 Å². The molecule has 0 saturated heterocycles. The molecule has 0 spiro atoms. The summed E-state index contributed by atoms with van der Waals surface area (Å²) < 4.78 is 1.74. The lowest BCUT2D eigenvalue weighted by molar-refractivity contribution is -0.191. The van der Waals surface area contributed by atoms with Crippen LogP contribution < -0.4 is 11.1 Å². The molecule has 2 heterocycles. The monoisotopic (exact) mass is 313 g/mol. The van der Waals surface area contributed by atoms with E-state index in [0.717, 1.165) is 23.6 Å². The van der Waals surface area contributed by atoms with Gasteiger partial charge in [0.1, 0.15) is 11.3 Å². The van der Waals surface area contributed by atoms with Gasteiger partial charge in [0.15, 0.2) is 11.5 Å². The van der Waals surface area contributed by atoms with Crippen molar-refractivity contribution < 1.29 is 14.4 Å². The van der Waals surface area contributed by atoms with E-state index in [1.54, 1.807) is 10.7 Å². The number of carbonyl (C=O) groups is 1. The molecule has 118 valence electrons. The Hall–Kier alpha value is -3.38. The first kappa shape index (κ1) is 16.0. The molecule has 0 bridgehead atoms. The second-order valence-corrected chi connectivity index (χ2v) is 4.50. The number of amides is 1. The smallest absolute Gasteiger partial charge is 0.368 e. The van der Waals surface area contributed by atoms with Crippen LogP contribution in [0.4, 0.5) is 5.82 Å². The molecule has 3 aromatic rings. The number of imidazole rings is 1. The average Bonchev–Trinajstić information content (AvgIpc) is 3.09. The van der Waals surface area contributed by atoms with Gasteiger partial charge in [0.2, 0.25) is 0 Å². The number of primary amides is 1. The number of aromatic amines is 1. The zero-order valence-corrected chi connectivity index (χ0v) is 12.4. The van der Waals surface area contributed by atoms with Crippen molar-refractivity contribution >= 4 is 23.5 Å². The van der Waals surface area contributed by atoms with Gasteiger partial charge in [0, 0.05) is 18.3 Å². The molecule has 3 rings (SSSR count). The normalized spacial score (nSPS) is 9.78. The first-order valence-electron chi connectivity index (χ1n) is 6.82. The summed E-state index contributed by atoms with van der Waals surface area (Å²) in [5.74, 6) is 0.324. The molecule has 0 saturated carbocycles. The zero-order chi connectivity index (χ0) is 16.8. The predicted molar refractivity (Wildman–Crippen MR) is 82.7 cm³/mol. The van der Waals surface area contributed by atoms with E-state index in [4.69, 9.17) is 15.3 Å². The van der Waals surface area contributed by atoms with Crippen molar-refractivity contribution in [2.75, 3.05) is 11.9 Å². The average molecular weight is 313 g/mol. The third-order valence-electron chi connectivity index (χ3n) is 3.11. The van der Waals surface area contributed by atoms with Crippen LogP contribution in [0, 0.1) is 0 Å². The van der Waals surface area contributed by atoms with Gasteiger partial charge in [0.25, 0.3) is 5.91 Å². The number of hydrogen-bond acceptors (Lipinski definition) is 5. The van der Waals surface area contributed by atoms with Crippen LogP contribution in [-0.2, 0) is 9.59 Å². The maximum absolute atomic E-state index is 11.4. The third kappa shape index (κ3) is 3.12. The summed E-state index contributed by atoms with van der Waals surface area (Å²) in [6, 6.07) is 9.81. The van der Waals surface area contributed by atoms with Gasteiger partial charge < -0.3 is 11.1 Å². The third-order valence-corrected chi connectivity index (χ3v) is 3.11. The molecule has 8 heteroatoms. The van der Waals surface area contributed by atoms with Crippen molar-refractivity contribution in [2.45, 2.75) is 6.92 Å². The first-order valence-corrected chi connectivity index (χ1v) is 6.82. The highest BCUT2D eigenvalue weighted by Gasteiger charge is 2.19. The van der Waals surface area contributed by atoms with Crippen LogP contribution in [0.2, 0.25) is 0 Å². The maximum atomic E-state index is 11.4. The van der Waals surface area contributed by atoms with Crippen molar-refractivity contribution in [3.8, 4) is 11.3 Å². The van der Waals surface area contributed by atoms with Gasteiger partial charge in [-0.3, -0.25) is 9.89 Å². The van der Waals surface area contributed by atoms with E-state index in [1.807, 2.05) is 37.3 Å². The van der Waals surface area contributed by atoms with Crippen molar-refractivity contribution in [1.82, 2.24) is 14.6 Å². The number of hydrogen-bond donors (Lipinski definition) is 3. The number of rotatable bonds is 4. The number of nitrogens with zero attached hydrogens (tertiary/aromatic N) is 2. The largest absolute Gasteiger partial charge is 0.373 e. The van der Waals surface area contributed by atoms with Gasteiger partial charge in [0.05, 0.1) is 0 Å². The fraction of sp³-hybridized carbons (Fsp3) is 0.133. The molecule has 1 aromatic carbocycles. The zero-order valence-electron chi connectivity index (χ0n) is 12.4. The van der Waals surface area contributed by atoms with Crippen LogP contribution in [0.1, 0.15) is 17.3 Å². The number of nitrogens with one attached hydrogen (secondary N) is 2. The van der Waals surface area contributed by atoms with Crippen molar-refractivity contribution in [1.29, 1.82) is 0 Å². The minimum Gasteiger partial charge on any atom is -0.368 e. The second kappa shape index (κ2) is 7.06. The highest BCUT2D eigenvalue weighted by molar-refractivity contribution is 5.99. The van der Waals surface area contributed by atoms with Crippen molar-refractivity contribution in [3.05, 3.63) is 42.1 Å². The highest BCUT2D eigenvalue weighted by Crippen LogP contribution is 2.29. The standard InChI is InChI=1S/C14H15N5O.CO2/c1-2-16-14-11(9-6-4-3-5-7-9)18-13-10(12(15)20)8-17-19(13)14;2-1-3/h3-8,16-17H,2H2,1H3,(H2,15,20);. The Balaban J connectivity index is 0.000000595. The lowest BCUT2D eigenvalue weighted by Crippen LogP contribution is -2.10. The van der Waals surface area contributed by atoms with Gasteiger partial charge in [-0.25, -0.2) is 9.50 Å². The van der Waals surface area contributed by atoms with Gasteiger partial charge in [-0.1, -0.05) is 30.3 Å². The minimum atomic E-state index is -0.496. The number of anilines is 1. The summed E-state index contributed by atoms with van der Waals surface area (Å²) in [7, 11) is 0. The number of nitrogens with two attached hydrogens (primary N) is 1. The van der Waals surface area contributed by atoms with Crippen molar-refractivity contribution in [2.24, 2.45) is 5.73 Å². The Bertz CT molecular complexity index is 845. The SMILES string of the molecule is CCNc1c(-c2ccccc2)nc2c(C(N)=O)c[nH]n12.O=C=O. The molecule has 0 aliphatic carbocycles. The molecule has 0 unspecified atom stereocenters. The predicted octanol–water partition coefficient (Wildman–Crippen LogP) is 1.28. The summed E-state index contributed by atoms with van der Waals surface area (Å²) >= 11 is 0. The number of aromatic nitrogens is 3. The summed E-state index contributed by atoms with van der Waals surface area (Å²) in [4.78, 5) is 32.2. The van der Waals surface area contributed by atoms with E-state index in [9.17, 15) is 4.79 Å². The van der Waals surface area contributed by atoms with E-state index in [1.165, 1.54) is 0 Å². The van der Waals surface area contributed by atoms with Crippen LogP contribution in [0.25, 0.3) is 16.9 Å². The first-order chi connectivity index (χ1) is 11.1. The number of carbonyl (C=O) groups excluding carboxylic acids is 3. The molecule has 0 radical (unpaired) electrons. The molecule has 2 aromatic heterocycles. The summed E-state index contributed by atoms with van der Waals surface area (Å²) in [5, 5.41) is 6.27. The lowest BCUT2D eigenvalue weighted by atomic mass is 10.1. The van der Waals surface area contributed by atoms with Crippen molar-refractivity contribution in [3.63, 3.8) is 0 Å². The molecular formula is C15H15N5O3. The van der Waals surface area contributed by atoms with Crippen LogP contribution in [0.15, 0.2) is 36.5 Å². The molecular weight excluding hydrogens is 298 g/mol. The Labute approximate surface area is 131 Å². The van der Waals surface area contributed by atoms with Gasteiger partial charge >= 0.3 is 6.15 Å². The maximum Gasteiger partial charge on any atom is 0.373 e. The fourth-order valence-electron chi connectivity index (χ4n) is 2.23. The number of benzene rings is 1. The molecule has 0 atom stereocenters. The van der Waals surface area contributed by atoms with Crippen LogP contribution >= 0.6 is 0 Å². The molecule has 23 heavy (non-hydrogen) atoms. The Morgan fingerprint density at radius 1 is 1.35 bits per heavy atom. The van der Waals surface area contributed by atoms with Gasteiger partial charge in [-0.05, 0) is 6.92 Å². The molecule has 4 N–H and O–H groups in total. The number of H-pyrrole nitrogens is 1. The topological polar surface area (TPSA) is 122 Å². The molecule has 0 fully saturated rings. The second-order valence-electron chi connectivity index (χ2n) is 4.50. The van der Waals surface area contributed by atoms with E-state index < -0.39 is 5.91 Å². The highest BCUT2D eigenvalue weighted by atomic mass is 16.2. The fourth-order valence-corrected chi connectivity index (χ4v) is 2.23. The molecule has 0 aliphatic rings. The number of fused-ring (bicyclic) bond motifs is 1. The van der Waals surface area contributed by atoms with E-state index in [2.05, 4.69) is 15.4 Å². The van der Waals surface area contributed by atoms with E-state index >= 15 is 0 Å².